The van der Waals surface area contributed by atoms with Gasteiger partial charge in [-0.25, -0.2) is 0 Å². The number of carbonyl (C=O) groups excluding carboxylic acids is 1. The highest BCUT2D eigenvalue weighted by Gasteiger charge is 2.23. The number of hydrogen-bond acceptors (Lipinski definition) is 6. The molecule has 0 bridgehead atoms. The summed E-state index contributed by atoms with van der Waals surface area (Å²) in [5.41, 5.74) is 0. The number of carbonyl (C=O) groups is 1. The molecule has 0 saturated carbocycles. The summed E-state index contributed by atoms with van der Waals surface area (Å²) in [5.74, 6) is -0.217. The molecule has 1 amide bonds. The molecule has 0 aromatic carbocycles. The lowest BCUT2D eigenvalue weighted by atomic mass is 10.1. The van der Waals surface area contributed by atoms with E-state index in [9.17, 15) is 19.4 Å². The summed E-state index contributed by atoms with van der Waals surface area (Å²) in [5, 5.41) is 13.6. The largest absolute Gasteiger partial charge is 0.756 e. The van der Waals surface area contributed by atoms with E-state index in [1.807, 2.05) is 27.2 Å². The third kappa shape index (κ3) is 31.3. The number of likely N-dealkylation sites (N-methyl/N-ethyl adjacent to an activating group) is 1. The van der Waals surface area contributed by atoms with E-state index in [0.717, 1.165) is 44.9 Å². The molecule has 3 unspecified atom stereocenters. The van der Waals surface area contributed by atoms with E-state index >= 15 is 0 Å². The van der Waals surface area contributed by atoms with Crippen LogP contribution in [0.1, 0.15) is 142 Å². The Morgan fingerprint density at radius 3 is 1.76 bits per heavy atom. The highest BCUT2D eigenvalue weighted by Crippen LogP contribution is 2.38. The van der Waals surface area contributed by atoms with Crippen molar-refractivity contribution >= 4 is 13.7 Å². The van der Waals surface area contributed by atoms with E-state index in [1.165, 1.54) is 77.0 Å². The Balaban J connectivity index is 4.66. The number of phosphoric ester groups is 1. The van der Waals surface area contributed by atoms with Crippen molar-refractivity contribution < 1.29 is 32.9 Å². The van der Waals surface area contributed by atoms with Gasteiger partial charge in [-0.3, -0.25) is 9.36 Å². The van der Waals surface area contributed by atoms with Crippen molar-refractivity contribution in [2.24, 2.45) is 0 Å². The second-order valence-corrected chi connectivity index (χ2v) is 15.0. The number of phosphoric acid groups is 1. The van der Waals surface area contributed by atoms with E-state index < -0.39 is 26.6 Å². The number of quaternary nitrogens is 1. The monoisotopic (exact) mass is 671 g/mol. The van der Waals surface area contributed by atoms with Gasteiger partial charge in [-0.1, -0.05) is 127 Å². The molecule has 0 rings (SSSR count). The highest BCUT2D eigenvalue weighted by molar-refractivity contribution is 7.45. The number of nitrogens with one attached hydrogen (secondary N) is 1. The first kappa shape index (κ1) is 44.7. The van der Waals surface area contributed by atoms with Crippen LogP contribution >= 0.6 is 7.82 Å². The summed E-state index contributed by atoms with van der Waals surface area (Å²) in [4.78, 5) is 25.1. The van der Waals surface area contributed by atoms with Crippen LogP contribution in [0.25, 0.3) is 0 Å². The molecule has 0 aromatic rings. The van der Waals surface area contributed by atoms with E-state index in [1.54, 1.807) is 6.08 Å². The Morgan fingerprint density at radius 1 is 0.739 bits per heavy atom. The molecular formula is C37H71N2O6P. The summed E-state index contributed by atoms with van der Waals surface area (Å²) in [6.07, 6.45) is 33.3. The van der Waals surface area contributed by atoms with Crippen molar-refractivity contribution in [2.75, 3.05) is 40.9 Å². The Bertz CT molecular complexity index is 855. The quantitative estimate of drug-likeness (QED) is 0.0321. The number of hydrogen-bond donors (Lipinski definition) is 2. The molecule has 2 N–H and O–H groups in total. The zero-order valence-corrected chi connectivity index (χ0v) is 31.2. The molecule has 0 aliphatic rings. The second kappa shape index (κ2) is 29.8. The van der Waals surface area contributed by atoms with E-state index in [-0.39, 0.29) is 12.5 Å². The van der Waals surface area contributed by atoms with Crippen molar-refractivity contribution in [1.29, 1.82) is 0 Å². The van der Waals surface area contributed by atoms with Crippen molar-refractivity contribution in [1.82, 2.24) is 5.32 Å². The summed E-state index contributed by atoms with van der Waals surface area (Å²) in [6, 6.07) is -0.902. The minimum Gasteiger partial charge on any atom is -0.756 e. The summed E-state index contributed by atoms with van der Waals surface area (Å²) in [6.45, 7) is 4.54. The van der Waals surface area contributed by atoms with Crippen LogP contribution in [0, 0.1) is 0 Å². The van der Waals surface area contributed by atoms with Crippen LogP contribution in [0.3, 0.4) is 0 Å². The molecule has 0 fully saturated rings. The van der Waals surface area contributed by atoms with Crippen LogP contribution in [0.5, 0.6) is 0 Å². The van der Waals surface area contributed by atoms with Gasteiger partial charge in [0.1, 0.15) is 13.2 Å². The normalized spacial score (nSPS) is 15.2. The third-order valence-corrected chi connectivity index (χ3v) is 8.79. The number of unbranched alkanes of at least 4 members (excludes halogenated alkanes) is 15. The van der Waals surface area contributed by atoms with Crippen molar-refractivity contribution in [3.05, 3.63) is 36.5 Å². The molecule has 8 nitrogen and oxygen atoms in total. The molecule has 0 radical (unpaired) electrons. The number of amides is 1. The van der Waals surface area contributed by atoms with E-state index in [0.29, 0.717) is 17.4 Å². The molecule has 46 heavy (non-hydrogen) atoms. The Hall–Kier alpha value is -1.28. The van der Waals surface area contributed by atoms with Gasteiger partial charge in [-0.05, 0) is 44.9 Å². The Kier molecular flexibility index (Phi) is 29.0. The van der Waals surface area contributed by atoms with Gasteiger partial charge in [-0.15, -0.1) is 0 Å². The number of nitrogens with zero attached hydrogens (tertiary/aromatic N) is 1. The van der Waals surface area contributed by atoms with Gasteiger partial charge in [0.2, 0.25) is 5.91 Å². The first-order valence-electron chi connectivity index (χ1n) is 18.4. The molecule has 0 spiro atoms. The minimum absolute atomic E-state index is 0.00858. The average molecular weight is 671 g/mol. The molecule has 0 saturated heterocycles. The maximum Gasteiger partial charge on any atom is 0.268 e. The molecule has 0 heterocycles. The number of allylic oxidation sites excluding steroid dienone is 5. The zero-order chi connectivity index (χ0) is 34.4. The molecular weight excluding hydrogens is 599 g/mol. The summed E-state index contributed by atoms with van der Waals surface area (Å²) in [7, 11) is 1.23. The molecule has 0 aliphatic carbocycles. The van der Waals surface area contributed by atoms with Gasteiger partial charge in [0, 0.05) is 6.42 Å². The third-order valence-electron chi connectivity index (χ3n) is 7.83. The summed E-state index contributed by atoms with van der Waals surface area (Å²) >= 11 is 0. The van der Waals surface area contributed by atoms with Crippen molar-refractivity contribution in [3.8, 4) is 0 Å². The lowest BCUT2D eigenvalue weighted by molar-refractivity contribution is -0.870. The molecule has 270 valence electrons. The first-order chi connectivity index (χ1) is 22.0. The highest BCUT2D eigenvalue weighted by atomic mass is 31.2. The van der Waals surface area contributed by atoms with Gasteiger partial charge in [-0.2, -0.15) is 0 Å². The van der Waals surface area contributed by atoms with Gasteiger partial charge in [0.05, 0.1) is 39.9 Å². The lowest BCUT2D eigenvalue weighted by Gasteiger charge is -2.29. The number of rotatable bonds is 32. The zero-order valence-electron chi connectivity index (χ0n) is 30.3. The molecule has 9 heteroatoms. The van der Waals surface area contributed by atoms with E-state index in [4.69, 9.17) is 9.05 Å². The molecule has 3 atom stereocenters. The van der Waals surface area contributed by atoms with Crippen LogP contribution in [0.15, 0.2) is 36.5 Å². The fourth-order valence-electron chi connectivity index (χ4n) is 4.83. The SMILES string of the molecule is CCCCCC/C=C/CC/C=C/CC/C=C/C(O)C(COP(=O)([O-])OCC[N+](C)(C)C)NC(=O)CCCCCCCCCCCC. The first-order valence-corrected chi connectivity index (χ1v) is 19.8. The van der Waals surface area contributed by atoms with Gasteiger partial charge < -0.3 is 28.8 Å². The molecule has 0 aromatic heterocycles. The molecule has 0 aliphatic heterocycles. The smallest absolute Gasteiger partial charge is 0.268 e. The average Bonchev–Trinajstić information content (AvgIpc) is 2.99. The van der Waals surface area contributed by atoms with Crippen molar-refractivity contribution in [3.63, 3.8) is 0 Å². The summed E-state index contributed by atoms with van der Waals surface area (Å²) < 4.78 is 23.0. The van der Waals surface area contributed by atoms with Crippen LogP contribution < -0.4 is 10.2 Å². The predicted octanol–water partition coefficient (Wildman–Crippen LogP) is 8.55. The maximum absolute atomic E-state index is 12.7. The predicted molar refractivity (Wildman–Crippen MR) is 191 cm³/mol. The topological polar surface area (TPSA) is 108 Å². The van der Waals surface area contributed by atoms with Crippen LogP contribution in [0.4, 0.5) is 0 Å². The fraction of sp³-hybridized carbons (Fsp3) is 0.811. The van der Waals surface area contributed by atoms with Crippen LogP contribution in [-0.2, 0) is 18.4 Å². The standard InChI is InChI=1S/C37H71N2O6P/c1-6-8-10-12-14-16-18-19-20-21-22-24-26-28-30-36(40)35(34-45-46(42,43)44-33-32-39(3,4)5)38-37(41)31-29-27-25-23-17-15-13-11-9-7-2/h16,18,21-22,28,30,35-36,40H,6-15,17,19-20,23-27,29,31-34H2,1-5H3,(H-,38,41,42,43)/b18-16+,22-21+,30-28+. The van der Waals surface area contributed by atoms with Gasteiger partial charge >= 0.3 is 0 Å². The lowest BCUT2D eigenvalue weighted by Crippen LogP contribution is -2.45. The maximum atomic E-state index is 12.7. The Labute approximate surface area is 283 Å². The second-order valence-electron chi connectivity index (χ2n) is 13.6. The van der Waals surface area contributed by atoms with Crippen molar-refractivity contribution in [2.45, 2.75) is 154 Å². The van der Waals surface area contributed by atoms with Crippen LogP contribution in [0.2, 0.25) is 0 Å². The number of aliphatic hydroxyl groups is 1. The van der Waals surface area contributed by atoms with Gasteiger partial charge in [0.15, 0.2) is 0 Å². The van der Waals surface area contributed by atoms with Gasteiger partial charge in [0.25, 0.3) is 7.82 Å². The Morgan fingerprint density at radius 2 is 1.22 bits per heavy atom. The van der Waals surface area contributed by atoms with Crippen LogP contribution in [-0.4, -0.2) is 68.5 Å². The van der Waals surface area contributed by atoms with E-state index in [2.05, 4.69) is 43.5 Å². The number of aliphatic hydroxyl groups excluding tert-OH is 1. The fourth-order valence-corrected chi connectivity index (χ4v) is 5.55. The minimum atomic E-state index is -4.58.